The van der Waals surface area contributed by atoms with Gasteiger partial charge in [-0.2, -0.15) is 0 Å². The minimum Gasteiger partial charge on any atom is -0.484 e. The number of rotatable bonds is 4. The van der Waals surface area contributed by atoms with Crippen molar-refractivity contribution in [3.05, 3.63) is 29.8 Å². The van der Waals surface area contributed by atoms with Crippen LogP contribution in [0.2, 0.25) is 0 Å². The number of nitrogens with zero attached hydrogens (tertiary/aromatic N) is 1. The van der Waals surface area contributed by atoms with Crippen LogP contribution in [0, 0.1) is 0 Å². The van der Waals surface area contributed by atoms with Crippen LogP contribution >= 0.6 is 0 Å². The van der Waals surface area contributed by atoms with E-state index in [4.69, 9.17) is 9.84 Å². The van der Waals surface area contributed by atoms with E-state index in [9.17, 15) is 4.79 Å². The van der Waals surface area contributed by atoms with E-state index in [0.717, 1.165) is 31.7 Å². The summed E-state index contributed by atoms with van der Waals surface area (Å²) in [5.74, 6) is 0.621. The first kappa shape index (κ1) is 12.9. The van der Waals surface area contributed by atoms with Crippen molar-refractivity contribution in [3.8, 4) is 5.75 Å². The van der Waals surface area contributed by atoms with Gasteiger partial charge in [0.2, 0.25) is 0 Å². The summed E-state index contributed by atoms with van der Waals surface area (Å²) in [6, 6.07) is 7.14. The molecule has 0 bridgehead atoms. The third-order valence-electron chi connectivity index (χ3n) is 2.91. The van der Waals surface area contributed by atoms with Crippen LogP contribution < -0.4 is 10.1 Å². The predicted octanol–water partition coefficient (Wildman–Crippen LogP) is -0.0105. The van der Waals surface area contributed by atoms with Crippen molar-refractivity contribution in [1.29, 1.82) is 0 Å². The third-order valence-corrected chi connectivity index (χ3v) is 2.91. The topological polar surface area (TPSA) is 61.8 Å². The molecule has 1 amide bonds. The fourth-order valence-electron chi connectivity index (χ4n) is 1.88. The average molecular weight is 250 g/mol. The van der Waals surface area contributed by atoms with E-state index in [0.29, 0.717) is 5.75 Å². The Morgan fingerprint density at radius 3 is 2.89 bits per heavy atom. The van der Waals surface area contributed by atoms with Gasteiger partial charge in [0.15, 0.2) is 6.61 Å². The second-order valence-electron chi connectivity index (χ2n) is 4.22. The molecule has 1 aromatic rings. The van der Waals surface area contributed by atoms with E-state index in [1.54, 1.807) is 23.1 Å². The van der Waals surface area contributed by atoms with Crippen molar-refractivity contribution in [1.82, 2.24) is 10.2 Å². The van der Waals surface area contributed by atoms with Crippen molar-refractivity contribution < 1.29 is 14.6 Å². The van der Waals surface area contributed by atoms with Crippen molar-refractivity contribution in [2.45, 2.75) is 6.61 Å². The van der Waals surface area contributed by atoms with Gasteiger partial charge in [0.25, 0.3) is 5.91 Å². The zero-order valence-corrected chi connectivity index (χ0v) is 10.3. The predicted molar refractivity (Wildman–Crippen MR) is 67.3 cm³/mol. The molecule has 18 heavy (non-hydrogen) atoms. The van der Waals surface area contributed by atoms with Crippen LogP contribution in [0.15, 0.2) is 24.3 Å². The van der Waals surface area contributed by atoms with Gasteiger partial charge in [-0.3, -0.25) is 4.79 Å². The minimum absolute atomic E-state index is 0.00546. The number of ether oxygens (including phenoxy) is 1. The van der Waals surface area contributed by atoms with Crippen molar-refractivity contribution in [2.75, 3.05) is 32.8 Å². The number of aliphatic hydroxyl groups excluding tert-OH is 1. The summed E-state index contributed by atoms with van der Waals surface area (Å²) in [5.41, 5.74) is 0.780. The quantitative estimate of drug-likeness (QED) is 0.789. The summed E-state index contributed by atoms with van der Waals surface area (Å²) in [6.45, 7) is 3.17. The molecule has 2 N–H and O–H groups in total. The molecule has 0 aliphatic carbocycles. The summed E-state index contributed by atoms with van der Waals surface area (Å²) in [4.78, 5) is 13.6. The Balaban J connectivity index is 1.84. The maximum atomic E-state index is 11.8. The van der Waals surface area contributed by atoms with E-state index in [2.05, 4.69) is 5.32 Å². The van der Waals surface area contributed by atoms with E-state index < -0.39 is 0 Å². The molecule has 0 aromatic heterocycles. The molecule has 0 unspecified atom stereocenters. The smallest absolute Gasteiger partial charge is 0.260 e. The van der Waals surface area contributed by atoms with Crippen molar-refractivity contribution >= 4 is 5.91 Å². The number of carbonyl (C=O) groups excluding carboxylic acids is 1. The maximum absolute atomic E-state index is 11.8. The van der Waals surface area contributed by atoms with Gasteiger partial charge in [0.1, 0.15) is 5.75 Å². The number of hydrogen-bond acceptors (Lipinski definition) is 4. The molecular formula is C13H18N2O3. The van der Waals surface area contributed by atoms with Crippen LogP contribution in [-0.4, -0.2) is 48.7 Å². The molecule has 1 aliphatic heterocycles. The summed E-state index contributed by atoms with van der Waals surface area (Å²) in [5, 5.41) is 12.2. The van der Waals surface area contributed by atoms with E-state index >= 15 is 0 Å². The molecule has 1 heterocycles. The van der Waals surface area contributed by atoms with Gasteiger partial charge < -0.3 is 20.1 Å². The first-order valence-corrected chi connectivity index (χ1v) is 6.10. The Hall–Kier alpha value is -1.59. The summed E-state index contributed by atoms with van der Waals surface area (Å²) in [7, 11) is 0. The van der Waals surface area contributed by atoms with Gasteiger partial charge in [0.05, 0.1) is 6.61 Å². The molecule has 1 aliphatic rings. The lowest BCUT2D eigenvalue weighted by Crippen LogP contribution is -2.47. The van der Waals surface area contributed by atoms with Gasteiger partial charge in [-0.25, -0.2) is 0 Å². The van der Waals surface area contributed by atoms with Crippen molar-refractivity contribution in [3.63, 3.8) is 0 Å². The van der Waals surface area contributed by atoms with E-state index in [1.807, 2.05) is 6.07 Å². The first-order valence-electron chi connectivity index (χ1n) is 6.10. The van der Waals surface area contributed by atoms with Crippen LogP contribution in [0.3, 0.4) is 0 Å². The molecule has 2 rings (SSSR count). The molecule has 0 radical (unpaired) electrons. The van der Waals surface area contributed by atoms with E-state index in [1.165, 1.54) is 0 Å². The number of carbonyl (C=O) groups is 1. The number of amides is 1. The molecular weight excluding hydrogens is 232 g/mol. The van der Waals surface area contributed by atoms with Crippen LogP contribution in [0.25, 0.3) is 0 Å². The molecule has 1 saturated heterocycles. The molecule has 1 fully saturated rings. The number of aliphatic hydroxyl groups is 1. The zero-order valence-electron chi connectivity index (χ0n) is 10.3. The largest absolute Gasteiger partial charge is 0.484 e. The number of nitrogens with one attached hydrogen (secondary N) is 1. The SMILES string of the molecule is O=C(COc1cccc(CO)c1)N1CCNCC1. The second kappa shape index (κ2) is 6.37. The van der Waals surface area contributed by atoms with Crippen molar-refractivity contribution in [2.24, 2.45) is 0 Å². The lowest BCUT2D eigenvalue weighted by atomic mass is 10.2. The van der Waals surface area contributed by atoms with Gasteiger partial charge in [-0.05, 0) is 17.7 Å². The Morgan fingerprint density at radius 1 is 1.39 bits per heavy atom. The lowest BCUT2D eigenvalue weighted by molar-refractivity contribution is -0.133. The molecule has 98 valence electrons. The van der Waals surface area contributed by atoms with Gasteiger partial charge in [0, 0.05) is 26.2 Å². The third kappa shape index (κ3) is 3.45. The van der Waals surface area contributed by atoms with Gasteiger partial charge >= 0.3 is 0 Å². The molecule has 0 saturated carbocycles. The summed E-state index contributed by atoms with van der Waals surface area (Å²) in [6.07, 6.45) is 0. The summed E-state index contributed by atoms with van der Waals surface area (Å²) >= 11 is 0. The zero-order chi connectivity index (χ0) is 12.8. The highest BCUT2D eigenvalue weighted by atomic mass is 16.5. The van der Waals surface area contributed by atoms with Gasteiger partial charge in [-0.15, -0.1) is 0 Å². The normalized spacial score (nSPS) is 15.5. The molecule has 0 spiro atoms. The Morgan fingerprint density at radius 2 is 2.17 bits per heavy atom. The van der Waals surface area contributed by atoms with Crippen LogP contribution in [0.1, 0.15) is 5.56 Å². The Bertz CT molecular complexity index is 403. The highest BCUT2D eigenvalue weighted by molar-refractivity contribution is 5.77. The maximum Gasteiger partial charge on any atom is 0.260 e. The molecule has 5 nitrogen and oxygen atoms in total. The molecule has 0 atom stereocenters. The standard InChI is InChI=1S/C13H18N2O3/c16-9-11-2-1-3-12(8-11)18-10-13(17)15-6-4-14-5-7-15/h1-3,8,14,16H,4-7,9-10H2. The van der Waals surface area contributed by atoms with Crippen LogP contribution in [0.4, 0.5) is 0 Å². The summed E-state index contributed by atoms with van der Waals surface area (Å²) < 4.78 is 5.44. The van der Waals surface area contributed by atoms with E-state index in [-0.39, 0.29) is 19.1 Å². The van der Waals surface area contributed by atoms with Crippen LogP contribution in [0.5, 0.6) is 5.75 Å². The fourth-order valence-corrected chi connectivity index (χ4v) is 1.88. The average Bonchev–Trinajstić information content (AvgIpc) is 2.46. The highest BCUT2D eigenvalue weighted by Crippen LogP contribution is 2.13. The second-order valence-corrected chi connectivity index (χ2v) is 4.22. The highest BCUT2D eigenvalue weighted by Gasteiger charge is 2.16. The molecule has 5 heteroatoms. The monoisotopic (exact) mass is 250 g/mol. The number of benzene rings is 1. The fraction of sp³-hybridized carbons (Fsp3) is 0.462. The first-order chi connectivity index (χ1) is 8.79. The Labute approximate surface area is 106 Å². The number of piperazine rings is 1. The number of hydrogen-bond donors (Lipinski definition) is 2. The lowest BCUT2D eigenvalue weighted by Gasteiger charge is -2.27. The molecule has 1 aromatic carbocycles. The van der Waals surface area contributed by atoms with Gasteiger partial charge in [-0.1, -0.05) is 12.1 Å². The van der Waals surface area contributed by atoms with Crippen LogP contribution in [-0.2, 0) is 11.4 Å². The Kier molecular flexibility index (Phi) is 4.55. The minimum atomic E-state index is -0.0249.